The fraction of sp³-hybridized carbons (Fsp3) is 0.286. The average molecular weight is 267 g/mol. The Morgan fingerprint density at radius 1 is 1.67 bits per heavy atom. The Bertz CT molecular complexity index is 425. The van der Waals surface area contributed by atoms with Gasteiger partial charge < -0.3 is 5.11 Å². The van der Waals surface area contributed by atoms with Crippen molar-refractivity contribution in [3.05, 3.63) is 17.5 Å². The summed E-state index contributed by atoms with van der Waals surface area (Å²) in [7, 11) is -3.73. The van der Waals surface area contributed by atoms with Crippen LogP contribution in [0.25, 0.3) is 0 Å². The monoisotopic (exact) mass is 267 g/mol. The minimum absolute atomic E-state index is 0.0931. The first-order valence-electron chi connectivity index (χ1n) is 3.87. The van der Waals surface area contributed by atoms with E-state index in [-0.39, 0.29) is 9.96 Å². The van der Waals surface area contributed by atoms with E-state index in [0.717, 1.165) is 11.3 Å². The van der Waals surface area contributed by atoms with Crippen LogP contribution < -0.4 is 4.72 Å². The van der Waals surface area contributed by atoms with Crippen LogP contribution in [0.2, 0.25) is 0 Å². The summed E-state index contributed by atoms with van der Waals surface area (Å²) in [5, 5.41) is 10.3. The zero-order valence-electron chi connectivity index (χ0n) is 7.45. The molecular formula is C7H9NO4S3. The van der Waals surface area contributed by atoms with Gasteiger partial charge in [-0.1, -0.05) is 6.07 Å². The Labute approximate surface area is 96.6 Å². The van der Waals surface area contributed by atoms with E-state index in [1.165, 1.54) is 6.07 Å². The number of carboxylic acid groups (broad SMARTS) is 1. The molecule has 1 heterocycles. The van der Waals surface area contributed by atoms with E-state index >= 15 is 0 Å². The number of hydrogen-bond acceptors (Lipinski definition) is 5. The number of thiophene rings is 1. The van der Waals surface area contributed by atoms with Crippen molar-refractivity contribution in [3.63, 3.8) is 0 Å². The average Bonchev–Trinajstić information content (AvgIpc) is 2.67. The molecule has 1 aromatic heterocycles. The number of carboxylic acids is 1. The number of nitrogens with one attached hydrogen (secondary N) is 1. The van der Waals surface area contributed by atoms with Gasteiger partial charge in [0.25, 0.3) is 10.0 Å². The number of aliphatic carboxylic acids is 1. The number of rotatable bonds is 5. The van der Waals surface area contributed by atoms with E-state index in [4.69, 9.17) is 5.11 Å². The first kappa shape index (κ1) is 12.5. The Hall–Kier alpha value is -0.570. The van der Waals surface area contributed by atoms with Crippen molar-refractivity contribution < 1.29 is 18.3 Å². The minimum Gasteiger partial charge on any atom is -0.480 e. The normalized spacial score (nSPS) is 13.7. The zero-order valence-corrected chi connectivity index (χ0v) is 9.98. The Kier molecular flexibility index (Phi) is 4.14. The molecule has 0 aliphatic heterocycles. The van der Waals surface area contributed by atoms with Crippen LogP contribution in [0.5, 0.6) is 0 Å². The van der Waals surface area contributed by atoms with E-state index in [0.29, 0.717) is 0 Å². The zero-order chi connectivity index (χ0) is 11.5. The second kappa shape index (κ2) is 4.97. The molecule has 0 radical (unpaired) electrons. The van der Waals surface area contributed by atoms with Gasteiger partial charge >= 0.3 is 5.97 Å². The maximum atomic E-state index is 11.6. The van der Waals surface area contributed by atoms with Crippen molar-refractivity contribution in [2.24, 2.45) is 0 Å². The molecule has 84 valence electrons. The fourth-order valence-corrected chi connectivity index (χ4v) is 3.40. The van der Waals surface area contributed by atoms with Gasteiger partial charge in [0.15, 0.2) is 0 Å². The highest BCUT2D eigenvalue weighted by atomic mass is 32.2. The van der Waals surface area contributed by atoms with Crippen molar-refractivity contribution in [1.29, 1.82) is 0 Å². The summed E-state index contributed by atoms with van der Waals surface area (Å²) in [6.07, 6.45) is 0. The van der Waals surface area contributed by atoms with Crippen LogP contribution in [-0.2, 0) is 14.8 Å². The summed E-state index contributed by atoms with van der Waals surface area (Å²) < 4.78 is 25.3. The van der Waals surface area contributed by atoms with E-state index in [1.54, 1.807) is 11.4 Å². The van der Waals surface area contributed by atoms with Crippen LogP contribution in [0.1, 0.15) is 0 Å². The molecular weight excluding hydrogens is 258 g/mol. The topological polar surface area (TPSA) is 83.5 Å². The molecule has 0 aliphatic rings. The second-order valence-electron chi connectivity index (χ2n) is 2.63. The summed E-state index contributed by atoms with van der Waals surface area (Å²) >= 11 is 4.79. The molecule has 0 aromatic carbocycles. The van der Waals surface area contributed by atoms with Crippen molar-refractivity contribution in [2.45, 2.75) is 10.3 Å². The molecule has 8 heteroatoms. The largest absolute Gasteiger partial charge is 0.480 e. The second-order valence-corrected chi connectivity index (χ2v) is 5.88. The van der Waals surface area contributed by atoms with Gasteiger partial charge in [-0.2, -0.15) is 17.4 Å². The predicted octanol–water partition coefficient (Wildman–Crippen LogP) is 0.409. The molecule has 15 heavy (non-hydrogen) atoms. The molecule has 1 atom stereocenters. The van der Waals surface area contributed by atoms with Crippen LogP contribution in [0.15, 0.2) is 21.7 Å². The molecule has 0 saturated heterocycles. The number of carbonyl (C=O) groups is 1. The van der Waals surface area contributed by atoms with E-state index < -0.39 is 22.0 Å². The van der Waals surface area contributed by atoms with Gasteiger partial charge in [0.05, 0.1) is 0 Å². The highest BCUT2D eigenvalue weighted by molar-refractivity contribution is 7.91. The lowest BCUT2D eigenvalue weighted by atomic mass is 10.4. The molecule has 1 rings (SSSR count). The molecule has 0 spiro atoms. The summed E-state index contributed by atoms with van der Waals surface area (Å²) in [4.78, 5) is 10.6. The third-order valence-electron chi connectivity index (χ3n) is 1.54. The standard InChI is InChI=1S/C7H9NO4S3/c9-7(10)5(4-13)8-15(11,12)6-2-1-3-14-6/h1-3,5,8,13H,4H2,(H,9,10). The van der Waals surface area contributed by atoms with Crippen LogP contribution in [0.4, 0.5) is 0 Å². The first-order valence-corrected chi connectivity index (χ1v) is 6.86. The third-order valence-corrected chi connectivity index (χ3v) is 4.77. The van der Waals surface area contributed by atoms with Gasteiger partial charge in [-0.3, -0.25) is 4.79 Å². The third kappa shape index (κ3) is 3.20. The fourth-order valence-electron chi connectivity index (χ4n) is 0.828. The quantitative estimate of drug-likeness (QED) is 0.675. The molecule has 0 bridgehead atoms. The Balaban J connectivity index is 2.86. The molecule has 0 saturated carbocycles. The molecule has 0 amide bonds. The van der Waals surface area contributed by atoms with Gasteiger partial charge in [-0.05, 0) is 11.4 Å². The Morgan fingerprint density at radius 3 is 2.73 bits per heavy atom. The lowest BCUT2D eigenvalue weighted by Crippen LogP contribution is -2.41. The van der Waals surface area contributed by atoms with Crippen LogP contribution >= 0.6 is 24.0 Å². The highest BCUT2D eigenvalue weighted by Crippen LogP contribution is 2.15. The number of hydrogen-bond donors (Lipinski definition) is 3. The molecule has 1 unspecified atom stereocenters. The molecule has 5 nitrogen and oxygen atoms in total. The van der Waals surface area contributed by atoms with E-state index in [9.17, 15) is 13.2 Å². The maximum Gasteiger partial charge on any atom is 0.322 e. The van der Waals surface area contributed by atoms with Crippen LogP contribution in [0, 0.1) is 0 Å². The summed E-state index contributed by atoms with van der Waals surface area (Å²) in [6, 6.07) is 1.78. The maximum absolute atomic E-state index is 11.6. The number of thiol groups is 1. The summed E-state index contributed by atoms with van der Waals surface area (Å²) in [6.45, 7) is 0. The SMILES string of the molecule is O=C(O)C(CS)NS(=O)(=O)c1cccs1. The van der Waals surface area contributed by atoms with Crippen LogP contribution in [-0.4, -0.2) is 31.3 Å². The highest BCUT2D eigenvalue weighted by Gasteiger charge is 2.24. The summed E-state index contributed by atoms with van der Waals surface area (Å²) in [5.41, 5.74) is 0. The molecule has 1 aromatic rings. The molecule has 2 N–H and O–H groups in total. The molecule has 0 fully saturated rings. The lowest BCUT2D eigenvalue weighted by molar-refractivity contribution is -0.138. The van der Waals surface area contributed by atoms with Gasteiger partial charge in [0, 0.05) is 5.75 Å². The smallest absolute Gasteiger partial charge is 0.322 e. The van der Waals surface area contributed by atoms with Crippen molar-refractivity contribution in [3.8, 4) is 0 Å². The van der Waals surface area contributed by atoms with E-state index in [2.05, 4.69) is 17.4 Å². The molecule has 0 aliphatic carbocycles. The van der Waals surface area contributed by atoms with Gasteiger partial charge in [0.1, 0.15) is 10.3 Å². The minimum atomic E-state index is -3.73. The first-order chi connectivity index (χ1) is 6.97. The van der Waals surface area contributed by atoms with Crippen molar-refractivity contribution in [2.75, 3.05) is 5.75 Å². The van der Waals surface area contributed by atoms with Gasteiger partial charge in [-0.25, -0.2) is 8.42 Å². The predicted molar refractivity (Wildman–Crippen MR) is 59.9 cm³/mol. The lowest BCUT2D eigenvalue weighted by Gasteiger charge is -2.10. The van der Waals surface area contributed by atoms with Gasteiger partial charge in [-0.15, -0.1) is 11.3 Å². The van der Waals surface area contributed by atoms with Gasteiger partial charge in [0.2, 0.25) is 0 Å². The van der Waals surface area contributed by atoms with Crippen LogP contribution in [0.3, 0.4) is 0 Å². The van der Waals surface area contributed by atoms with E-state index in [1.807, 2.05) is 0 Å². The van der Waals surface area contributed by atoms with Crippen molar-refractivity contribution in [1.82, 2.24) is 4.72 Å². The van der Waals surface area contributed by atoms with Crippen molar-refractivity contribution >= 4 is 40.0 Å². The Morgan fingerprint density at radius 2 is 2.33 bits per heavy atom. The number of sulfonamides is 1. The summed E-state index contributed by atoms with van der Waals surface area (Å²) in [5.74, 6) is -1.34.